The van der Waals surface area contributed by atoms with Crippen molar-refractivity contribution in [1.82, 2.24) is 5.32 Å². The number of hydrogen-bond acceptors (Lipinski definition) is 1. The zero-order valence-corrected chi connectivity index (χ0v) is 4.56. The summed E-state index contributed by atoms with van der Waals surface area (Å²) < 4.78 is 0. The van der Waals surface area contributed by atoms with Crippen molar-refractivity contribution in [3.63, 3.8) is 0 Å². The second-order valence-electron chi connectivity index (χ2n) is 1.11. The van der Waals surface area contributed by atoms with E-state index in [2.05, 4.69) is 5.32 Å². The standard InChI is InChI=1S/C5H9NO/c1-3-4-5(7)6-2/h3-4H,1-2H3,(H,6,7)/b4-3-. The largest absolute Gasteiger partial charge is 0.356 e. The fourth-order valence-electron chi connectivity index (χ4n) is 0.235. The van der Waals surface area contributed by atoms with Crippen molar-refractivity contribution in [1.29, 1.82) is 0 Å². The van der Waals surface area contributed by atoms with Gasteiger partial charge in [0.05, 0.1) is 0 Å². The van der Waals surface area contributed by atoms with Gasteiger partial charge in [-0.15, -0.1) is 0 Å². The van der Waals surface area contributed by atoms with Gasteiger partial charge >= 0.3 is 0 Å². The molecule has 0 aliphatic carbocycles. The Morgan fingerprint density at radius 3 is 2.43 bits per heavy atom. The smallest absolute Gasteiger partial charge is 0.243 e. The summed E-state index contributed by atoms with van der Waals surface area (Å²) in [7, 11) is 1.60. The van der Waals surface area contributed by atoms with Crippen molar-refractivity contribution in [3.05, 3.63) is 12.2 Å². The summed E-state index contributed by atoms with van der Waals surface area (Å²) in [6.07, 6.45) is 3.17. The van der Waals surface area contributed by atoms with Gasteiger partial charge in [0.2, 0.25) is 5.91 Å². The van der Waals surface area contributed by atoms with Crippen LogP contribution in [0.5, 0.6) is 0 Å². The first-order valence-corrected chi connectivity index (χ1v) is 2.15. The van der Waals surface area contributed by atoms with Gasteiger partial charge in [-0.3, -0.25) is 4.79 Å². The Labute approximate surface area is 43.2 Å². The Bertz CT molecular complexity index is 86.1. The van der Waals surface area contributed by atoms with Crippen LogP contribution in [-0.2, 0) is 4.79 Å². The van der Waals surface area contributed by atoms with Crippen LogP contribution in [0.4, 0.5) is 0 Å². The average Bonchev–Trinajstić information content (AvgIpc) is 1.68. The van der Waals surface area contributed by atoms with E-state index >= 15 is 0 Å². The number of rotatable bonds is 1. The lowest BCUT2D eigenvalue weighted by molar-refractivity contribution is -0.116. The molecule has 0 bridgehead atoms. The van der Waals surface area contributed by atoms with E-state index in [1.807, 2.05) is 0 Å². The zero-order chi connectivity index (χ0) is 5.70. The molecule has 0 aromatic heterocycles. The van der Waals surface area contributed by atoms with E-state index in [1.165, 1.54) is 6.08 Å². The summed E-state index contributed by atoms with van der Waals surface area (Å²) in [5.41, 5.74) is 0. The number of hydrogen-bond donors (Lipinski definition) is 1. The van der Waals surface area contributed by atoms with Crippen molar-refractivity contribution in [3.8, 4) is 0 Å². The monoisotopic (exact) mass is 99.1 g/mol. The zero-order valence-electron chi connectivity index (χ0n) is 4.56. The van der Waals surface area contributed by atoms with E-state index in [4.69, 9.17) is 0 Å². The molecule has 0 aliphatic heterocycles. The van der Waals surface area contributed by atoms with Gasteiger partial charge < -0.3 is 5.32 Å². The molecule has 1 N–H and O–H groups in total. The molecular formula is C5H9NO. The Balaban J connectivity index is 3.37. The molecule has 0 aromatic rings. The van der Waals surface area contributed by atoms with Gasteiger partial charge in [0.15, 0.2) is 0 Å². The maximum Gasteiger partial charge on any atom is 0.243 e. The second-order valence-corrected chi connectivity index (χ2v) is 1.11. The van der Waals surface area contributed by atoms with E-state index in [1.54, 1.807) is 20.0 Å². The van der Waals surface area contributed by atoms with Crippen molar-refractivity contribution >= 4 is 5.91 Å². The minimum atomic E-state index is -0.0532. The van der Waals surface area contributed by atoms with E-state index in [-0.39, 0.29) is 5.91 Å². The minimum Gasteiger partial charge on any atom is -0.356 e. The highest BCUT2D eigenvalue weighted by Gasteiger charge is 1.81. The Kier molecular flexibility index (Phi) is 3.02. The molecule has 0 unspecified atom stereocenters. The predicted octanol–water partition coefficient (Wildman–Crippen LogP) is 0.309. The molecule has 0 spiro atoms. The van der Waals surface area contributed by atoms with Crippen LogP contribution in [0.15, 0.2) is 12.2 Å². The summed E-state index contributed by atoms with van der Waals surface area (Å²) in [6, 6.07) is 0. The van der Waals surface area contributed by atoms with Crippen LogP contribution in [0.25, 0.3) is 0 Å². The van der Waals surface area contributed by atoms with E-state index in [0.29, 0.717) is 0 Å². The highest BCUT2D eigenvalue weighted by molar-refractivity contribution is 5.86. The Morgan fingerprint density at radius 1 is 1.71 bits per heavy atom. The second kappa shape index (κ2) is 3.40. The van der Waals surface area contributed by atoms with Crippen molar-refractivity contribution < 1.29 is 4.79 Å². The van der Waals surface area contributed by atoms with Crippen LogP contribution >= 0.6 is 0 Å². The summed E-state index contributed by atoms with van der Waals surface area (Å²) in [5.74, 6) is -0.0532. The van der Waals surface area contributed by atoms with E-state index in [0.717, 1.165) is 0 Å². The molecule has 0 saturated carbocycles. The topological polar surface area (TPSA) is 29.1 Å². The highest BCUT2D eigenvalue weighted by Crippen LogP contribution is 1.66. The summed E-state index contributed by atoms with van der Waals surface area (Å²) in [4.78, 5) is 10.2. The average molecular weight is 99.1 g/mol. The lowest BCUT2D eigenvalue weighted by atomic mass is 10.5. The molecule has 40 valence electrons. The number of likely N-dealkylation sites (N-methyl/N-ethyl adjacent to an activating group) is 1. The van der Waals surface area contributed by atoms with Gasteiger partial charge in [0.25, 0.3) is 0 Å². The first-order chi connectivity index (χ1) is 3.31. The summed E-state index contributed by atoms with van der Waals surface area (Å²) in [5, 5.41) is 2.44. The van der Waals surface area contributed by atoms with Crippen LogP contribution < -0.4 is 5.32 Å². The SMILES string of the molecule is C/C=C\C(=O)NC. The molecular weight excluding hydrogens is 90.1 g/mol. The van der Waals surface area contributed by atoms with Gasteiger partial charge in [0, 0.05) is 7.05 Å². The molecule has 0 heterocycles. The fraction of sp³-hybridized carbons (Fsp3) is 0.400. The maximum absolute atomic E-state index is 10.2. The van der Waals surface area contributed by atoms with Crippen LogP contribution in [-0.4, -0.2) is 13.0 Å². The number of carbonyl (C=O) groups is 1. The number of amides is 1. The third-order valence-corrected chi connectivity index (χ3v) is 0.564. The Hall–Kier alpha value is -0.790. The number of carbonyl (C=O) groups excluding carboxylic acids is 1. The van der Waals surface area contributed by atoms with Gasteiger partial charge in [0.1, 0.15) is 0 Å². The first-order valence-electron chi connectivity index (χ1n) is 2.15. The molecule has 0 fully saturated rings. The lowest BCUT2D eigenvalue weighted by Gasteiger charge is -1.84. The molecule has 0 radical (unpaired) electrons. The van der Waals surface area contributed by atoms with Crippen LogP contribution in [0.1, 0.15) is 6.92 Å². The van der Waals surface area contributed by atoms with Crippen molar-refractivity contribution in [2.24, 2.45) is 0 Å². The van der Waals surface area contributed by atoms with Crippen molar-refractivity contribution in [2.75, 3.05) is 7.05 Å². The number of allylic oxidation sites excluding steroid dienone is 1. The molecule has 0 saturated heterocycles. The Morgan fingerprint density at radius 2 is 2.29 bits per heavy atom. The molecule has 0 rings (SSSR count). The predicted molar refractivity (Wildman–Crippen MR) is 28.9 cm³/mol. The molecule has 1 amide bonds. The normalized spacial score (nSPS) is 9.43. The van der Waals surface area contributed by atoms with E-state index < -0.39 is 0 Å². The summed E-state index contributed by atoms with van der Waals surface area (Å²) in [6.45, 7) is 1.80. The maximum atomic E-state index is 10.2. The molecule has 0 aromatic carbocycles. The minimum absolute atomic E-state index is 0.0532. The van der Waals surface area contributed by atoms with E-state index in [9.17, 15) is 4.79 Å². The molecule has 2 heteroatoms. The number of nitrogens with one attached hydrogen (secondary N) is 1. The highest BCUT2D eigenvalue weighted by atomic mass is 16.1. The molecule has 0 aliphatic rings. The van der Waals surface area contributed by atoms with Gasteiger partial charge in [-0.05, 0) is 13.0 Å². The van der Waals surface area contributed by atoms with Gasteiger partial charge in [-0.2, -0.15) is 0 Å². The fourth-order valence-corrected chi connectivity index (χ4v) is 0.235. The lowest BCUT2D eigenvalue weighted by Crippen LogP contribution is -2.13. The van der Waals surface area contributed by atoms with Crippen LogP contribution in [0.3, 0.4) is 0 Å². The first kappa shape index (κ1) is 6.21. The molecule has 0 atom stereocenters. The molecule has 7 heavy (non-hydrogen) atoms. The quantitative estimate of drug-likeness (QED) is 0.471. The van der Waals surface area contributed by atoms with Gasteiger partial charge in [-0.1, -0.05) is 6.08 Å². The summed E-state index contributed by atoms with van der Waals surface area (Å²) >= 11 is 0. The van der Waals surface area contributed by atoms with Crippen molar-refractivity contribution in [2.45, 2.75) is 6.92 Å². The third kappa shape index (κ3) is 3.03. The van der Waals surface area contributed by atoms with Gasteiger partial charge in [-0.25, -0.2) is 0 Å². The van der Waals surface area contributed by atoms with Crippen LogP contribution in [0.2, 0.25) is 0 Å². The molecule has 2 nitrogen and oxygen atoms in total. The van der Waals surface area contributed by atoms with Crippen LogP contribution in [0, 0.1) is 0 Å². The third-order valence-electron chi connectivity index (χ3n) is 0.564.